The first-order valence-corrected chi connectivity index (χ1v) is 8.51. The lowest BCUT2D eigenvalue weighted by Gasteiger charge is -2.27. The summed E-state index contributed by atoms with van der Waals surface area (Å²) in [7, 11) is 0. The molecule has 5 heteroatoms. The van der Waals surface area contributed by atoms with Crippen LogP contribution in [-0.2, 0) is 22.6 Å². The fraction of sp³-hybridized carbons (Fsp3) is 0.474. The van der Waals surface area contributed by atoms with Crippen LogP contribution in [0.2, 0.25) is 0 Å². The number of hydrogen-bond donors (Lipinski definition) is 0. The molecule has 24 heavy (non-hydrogen) atoms. The molecule has 4 rings (SSSR count). The zero-order chi connectivity index (χ0) is 16.2. The highest BCUT2D eigenvalue weighted by Gasteiger charge is 2.50. The van der Waals surface area contributed by atoms with Gasteiger partial charge in [0.1, 0.15) is 0 Å². The Bertz CT molecular complexity index is 652. The van der Waals surface area contributed by atoms with Gasteiger partial charge in [-0.3, -0.25) is 14.9 Å². The summed E-state index contributed by atoms with van der Waals surface area (Å²) >= 11 is 0. The molecule has 0 aromatic carbocycles. The molecule has 2 aromatic rings. The summed E-state index contributed by atoms with van der Waals surface area (Å²) < 4.78 is 11.8. The SMILES string of the molecule is c1ccc(CN2C[C@H]3COC[C@@]3(COCc3ccncc3)C2)nc1. The van der Waals surface area contributed by atoms with Gasteiger partial charge in [0.2, 0.25) is 0 Å². The maximum atomic E-state index is 6.06. The van der Waals surface area contributed by atoms with Gasteiger partial charge in [-0.1, -0.05) is 6.07 Å². The van der Waals surface area contributed by atoms with Crippen molar-refractivity contribution in [1.29, 1.82) is 0 Å². The second-order valence-corrected chi connectivity index (χ2v) is 6.91. The van der Waals surface area contributed by atoms with Gasteiger partial charge >= 0.3 is 0 Å². The molecule has 0 spiro atoms. The Morgan fingerprint density at radius 2 is 2.12 bits per heavy atom. The molecule has 4 heterocycles. The molecule has 0 aliphatic carbocycles. The first kappa shape index (κ1) is 15.7. The normalized spacial score (nSPS) is 26.6. The molecule has 0 bridgehead atoms. The van der Waals surface area contributed by atoms with Gasteiger partial charge < -0.3 is 9.47 Å². The van der Waals surface area contributed by atoms with E-state index in [0.29, 0.717) is 12.5 Å². The lowest BCUT2D eigenvalue weighted by molar-refractivity contribution is 0.0182. The lowest BCUT2D eigenvalue weighted by atomic mass is 9.82. The van der Waals surface area contributed by atoms with Gasteiger partial charge in [-0.25, -0.2) is 0 Å². The number of aromatic nitrogens is 2. The second-order valence-electron chi connectivity index (χ2n) is 6.91. The van der Waals surface area contributed by atoms with E-state index in [-0.39, 0.29) is 5.41 Å². The van der Waals surface area contributed by atoms with Crippen molar-refractivity contribution in [3.8, 4) is 0 Å². The molecule has 2 aromatic heterocycles. The van der Waals surface area contributed by atoms with Crippen molar-refractivity contribution in [3.05, 3.63) is 60.2 Å². The molecule has 5 nitrogen and oxygen atoms in total. The minimum absolute atomic E-state index is 0.127. The van der Waals surface area contributed by atoms with Gasteiger partial charge in [0.25, 0.3) is 0 Å². The van der Waals surface area contributed by atoms with Crippen molar-refractivity contribution in [2.75, 3.05) is 32.9 Å². The van der Waals surface area contributed by atoms with Crippen molar-refractivity contribution in [2.24, 2.45) is 11.3 Å². The number of nitrogens with zero attached hydrogens (tertiary/aromatic N) is 3. The molecule has 2 fully saturated rings. The smallest absolute Gasteiger partial charge is 0.0718 e. The van der Waals surface area contributed by atoms with Gasteiger partial charge in [0.05, 0.1) is 32.1 Å². The van der Waals surface area contributed by atoms with Crippen LogP contribution in [-0.4, -0.2) is 47.8 Å². The molecule has 2 aliphatic rings. The highest BCUT2D eigenvalue weighted by atomic mass is 16.5. The highest BCUT2D eigenvalue weighted by molar-refractivity contribution is 5.09. The van der Waals surface area contributed by atoms with Crippen LogP contribution in [0.4, 0.5) is 0 Å². The third-order valence-corrected chi connectivity index (χ3v) is 5.11. The van der Waals surface area contributed by atoms with E-state index in [4.69, 9.17) is 9.47 Å². The standard InChI is InChI=1S/C19H23N3O2/c1-2-6-21-18(3-1)10-22-9-17-12-24-15-19(17,13-22)14-23-11-16-4-7-20-8-5-16/h1-8,17H,9-15H2/t17-,19-/m0/s1. The molecule has 2 atom stereocenters. The minimum Gasteiger partial charge on any atom is -0.380 e. The van der Waals surface area contributed by atoms with Gasteiger partial charge in [0, 0.05) is 49.6 Å². The number of likely N-dealkylation sites (tertiary alicyclic amines) is 1. The van der Waals surface area contributed by atoms with E-state index in [1.165, 1.54) is 5.56 Å². The van der Waals surface area contributed by atoms with Crippen LogP contribution in [0.15, 0.2) is 48.9 Å². The molecule has 0 saturated carbocycles. The summed E-state index contributed by atoms with van der Waals surface area (Å²) in [4.78, 5) is 11.0. The predicted molar refractivity (Wildman–Crippen MR) is 90.1 cm³/mol. The van der Waals surface area contributed by atoms with Crippen LogP contribution >= 0.6 is 0 Å². The lowest BCUT2D eigenvalue weighted by Crippen LogP contribution is -2.35. The molecule has 0 amide bonds. The van der Waals surface area contributed by atoms with Crippen LogP contribution in [0.3, 0.4) is 0 Å². The Morgan fingerprint density at radius 3 is 2.96 bits per heavy atom. The summed E-state index contributed by atoms with van der Waals surface area (Å²) in [5.74, 6) is 0.554. The van der Waals surface area contributed by atoms with Gasteiger partial charge in [-0.15, -0.1) is 0 Å². The highest BCUT2D eigenvalue weighted by Crippen LogP contribution is 2.42. The third kappa shape index (κ3) is 3.34. The molecule has 0 radical (unpaired) electrons. The average Bonchev–Trinajstić information content (AvgIpc) is 3.13. The van der Waals surface area contributed by atoms with Crippen LogP contribution in [0, 0.1) is 11.3 Å². The first-order chi connectivity index (χ1) is 11.8. The van der Waals surface area contributed by atoms with E-state index < -0.39 is 0 Å². The molecular formula is C19H23N3O2. The zero-order valence-electron chi connectivity index (χ0n) is 13.8. The van der Waals surface area contributed by atoms with Crippen LogP contribution < -0.4 is 0 Å². The number of fused-ring (bicyclic) bond motifs is 1. The van der Waals surface area contributed by atoms with E-state index in [0.717, 1.165) is 45.1 Å². The fourth-order valence-electron chi connectivity index (χ4n) is 3.84. The van der Waals surface area contributed by atoms with Crippen molar-refractivity contribution < 1.29 is 9.47 Å². The third-order valence-electron chi connectivity index (χ3n) is 5.11. The van der Waals surface area contributed by atoms with Crippen LogP contribution in [0.5, 0.6) is 0 Å². The topological polar surface area (TPSA) is 47.5 Å². The number of ether oxygens (including phenoxy) is 2. The minimum atomic E-state index is 0.127. The van der Waals surface area contributed by atoms with E-state index in [1.54, 1.807) is 0 Å². The summed E-state index contributed by atoms with van der Waals surface area (Å²) in [5.41, 5.74) is 2.42. The first-order valence-electron chi connectivity index (χ1n) is 8.51. The predicted octanol–water partition coefficient (Wildman–Crippen LogP) is 2.14. The maximum absolute atomic E-state index is 6.06. The second kappa shape index (κ2) is 6.97. The molecule has 126 valence electrons. The Morgan fingerprint density at radius 1 is 1.21 bits per heavy atom. The summed E-state index contributed by atoms with van der Waals surface area (Å²) in [5, 5.41) is 0. The van der Waals surface area contributed by atoms with E-state index in [9.17, 15) is 0 Å². The zero-order valence-corrected chi connectivity index (χ0v) is 13.8. The van der Waals surface area contributed by atoms with Gasteiger partial charge in [-0.05, 0) is 29.8 Å². The van der Waals surface area contributed by atoms with E-state index in [1.807, 2.05) is 36.8 Å². The van der Waals surface area contributed by atoms with Crippen molar-refractivity contribution >= 4 is 0 Å². The Hall–Kier alpha value is -1.82. The Labute approximate surface area is 142 Å². The van der Waals surface area contributed by atoms with Crippen LogP contribution in [0.25, 0.3) is 0 Å². The quantitative estimate of drug-likeness (QED) is 0.814. The van der Waals surface area contributed by atoms with Gasteiger partial charge in [0.15, 0.2) is 0 Å². The van der Waals surface area contributed by atoms with Crippen LogP contribution in [0.1, 0.15) is 11.3 Å². The maximum Gasteiger partial charge on any atom is 0.0718 e. The molecule has 0 unspecified atom stereocenters. The molecule has 2 saturated heterocycles. The van der Waals surface area contributed by atoms with Crippen molar-refractivity contribution in [2.45, 2.75) is 13.2 Å². The summed E-state index contributed by atoms with van der Waals surface area (Å²) in [6, 6.07) is 10.1. The van der Waals surface area contributed by atoms with Gasteiger partial charge in [-0.2, -0.15) is 0 Å². The van der Waals surface area contributed by atoms with Crippen molar-refractivity contribution in [3.63, 3.8) is 0 Å². The van der Waals surface area contributed by atoms with E-state index >= 15 is 0 Å². The molecule has 2 aliphatic heterocycles. The Balaban J connectivity index is 1.36. The Kier molecular flexibility index (Phi) is 4.56. The number of hydrogen-bond acceptors (Lipinski definition) is 5. The largest absolute Gasteiger partial charge is 0.380 e. The molecule has 0 N–H and O–H groups in total. The fourth-order valence-corrected chi connectivity index (χ4v) is 3.84. The molecular weight excluding hydrogens is 302 g/mol. The number of pyridine rings is 2. The summed E-state index contributed by atoms with van der Waals surface area (Å²) in [6.07, 6.45) is 5.48. The average molecular weight is 325 g/mol. The number of rotatable bonds is 6. The van der Waals surface area contributed by atoms with E-state index in [2.05, 4.69) is 27.0 Å². The monoisotopic (exact) mass is 325 g/mol. The van der Waals surface area contributed by atoms with Crippen molar-refractivity contribution in [1.82, 2.24) is 14.9 Å². The summed E-state index contributed by atoms with van der Waals surface area (Å²) in [6.45, 7) is 6.02.